The Labute approximate surface area is 93.9 Å². The molecule has 0 spiro atoms. The Morgan fingerprint density at radius 1 is 1.38 bits per heavy atom. The van der Waals surface area contributed by atoms with Crippen LogP contribution < -0.4 is 0 Å². The van der Waals surface area contributed by atoms with E-state index in [4.69, 9.17) is 4.74 Å². The summed E-state index contributed by atoms with van der Waals surface area (Å²) >= 11 is 0. The molecule has 1 rings (SSSR count). The second kappa shape index (κ2) is 4.89. The van der Waals surface area contributed by atoms with Gasteiger partial charge in [-0.05, 0) is 32.4 Å². The van der Waals surface area contributed by atoms with Gasteiger partial charge in [-0.15, -0.1) is 0 Å². The highest BCUT2D eigenvalue weighted by molar-refractivity contribution is 5.31. The minimum Gasteiger partial charge on any atom is -0.383 e. The standard InChI is InChI=1S/C12H16F2O2/c1-4-16-7-12(3,15)10-9(13)6-5-8(2)11(10)14/h5-6,15H,4,7H2,1-3H3. The quantitative estimate of drug-likeness (QED) is 0.861. The third kappa shape index (κ3) is 2.57. The highest BCUT2D eigenvalue weighted by Crippen LogP contribution is 2.28. The zero-order valence-corrected chi connectivity index (χ0v) is 9.68. The molecule has 2 nitrogen and oxygen atoms in total. The van der Waals surface area contributed by atoms with Crippen LogP contribution in [0.2, 0.25) is 0 Å². The van der Waals surface area contributed by atoms with Crippen LogP contribution >= 0.6 is 0 Å². The first-order chi connectivity index (χ1) is 7.40. The molecule has 0 radical (unpaired) electrons. The van der Waals surface area contributed by atoms with Gasteiger partial charge in [-0.25, -0.2) is 8.78 Å². The molecule has 0 heterocycles. The maximum absolute atomic E-state index is 13.7. The van der Waals surface area contributed by atoms with Gasteiger partial charge in [0.25, 0.3) is 0 Å². The van der Waals surface area contributed by atoms with Crippen molar-refractivity contribution in [1.29, 1.82) is 0 Å². The van der Waals surface area contributed by atoms with Crippen molar-refractivity contribution in [2.45, 2.75) is 26.4 Å². The van der Waals surface area contributed by atoms with E-state index in [2.05, 4.69) is 0 Å². The molecule has 1 unspecified atom stereocenters. The van der Waals surface area contributed by atoms with Crippen LogP contribution in [0.15, 0.2) is 12.1 Å². The summed E-state index contributed by atoms with van der Waals surface area (Å²) in [5.41, 5.74) is -1.69. The lowest BCUT2D eigenvalue weighted by molar-refractivity contribution is -0.0388. The van der Waals surface area contributed by atoms with E-state index in [0.29, 0.717) is 12.2 Å². The molecule has 90 valence electrons. The Kier molecular flexibility index (Phi) is 3.99. The van der Waals surface area contributed by atoms with E-state index in [0.717, 1.165) is 6.07 Å². The van der Waals surface area contributed by atoms with E-state index >= 15 is 0 Å². The van der Waals surface area contributed by atoms with E-state index < -0.39 is 17.2 Å². The van der Waals surface area contributed by atoms with Gasteiger partial charge in [0.1, 0.15) is 17.2 Å². The second-order valence-electron chi connectivity index (χ2n) is 3.96. The maximum atomic E-state index is 13.7. The van der Waals surface area contributed by atoms with E-state index in [9.17, 15) is 13.9 Å². The topological polar surface area (TPSA) is 29.5 Å². The SMILES string of the molecule is CCOCC(C)(O)c1c(F)ccc(C)c1F. The van der Waals surface area contributed by atoms with E-state index in [1.54, 1.807) is 6.92 Å². The fourth-order valence-corrected chi connectivity index (χ4v) is 1.52. The monoisotopic (exact) mass is 230 g/mol. The van der Waals surface area contributed by atoms with Gasteiger partial charge in [0.15, 0.2) is 0 Å². The second-order valence-corrected chi connectivity index (χ2v) is 3.96. The van der Waals surface area contributed by atoms with Crippen molar-refractivity contribution in [3.05, 3.63) is 34.9 Å². The Balaban J connectivity index is 3.15. The van der Waals surface area contributed by atoms with Crippen LogP contribution in [0.3, 0.4) is 0 Å². The molecule has 0 amide bonds. The number of rotatable bonds is 4. The Morgan fingerprint density at radius 3 is 2.56 bits per heavy atom. The van der Waals surface area contributed by atoms with Crippen LogP contribution in [-0.4, -0.2) is 18.3 Å². The van der Waals surface area contributed by atoms with Crippen LogP contribution in [0.25, 0.3) is 0 Å². The zero-order chi connectivity index (χ0) is 12.3. The molecule has 0 fully saturated rings. The molecule has 1 aromatic rings. The average molecular weight is 230 g/mol. The Morgan fingerprint density at radius 2 is 2.00 bits per heavy atom. The molecule has 1 atom stereocenters. The third-order valence-electron chi connectivity index (χ3n) is 2.41. The van der Waals surface area contributed by atoms with Gasteiger partial charge in [0.05, 0.1) is 12.2 Å². The van der Waals surface area contributed by atoms with Crippen molar-refractivity contribution in [3.8, 4) is 0 Å². The highest BCUT2D eigenvalue weighted by Gasteiger charge is 2.31. The van der Waals surface area contributed by atoms with E-state index in [1.807, 2.05) is 0 Å². The lowest BCUT2D eigenvalue weighted by Gasteiger charge is -2.25. The van der Waals surface area contributed by atoms with Crippen LogP contribution in [0, 0.1) is 18.6 Å². The molecule has 0 aliphatic heterocycles. The van der Waals surface area contributed by atoms with Gasteiger partial charge >= 0.3 is 0 Å². The predicted octanol–water partition coefficient (Wildman–Crippen LogP) is 2.52. The number of hydrogen-bond acceptors (Lipinski definition) is 2. The largest absolute Gasteiger partial charge is 0.383 e. The van der Waals surface area contributed by atoms with E-state index in [1.165, 1.54) is 19.9 Å². The number of halogens is 2. The fraction of sp³-hybridized carbons (Fsp3) is 0.500. The molecule has 1 N–H and O–H groups in total. The van der Waals surface area contributed by atoms with Gasteiger partial charge in [0, 0.05) is 6.61 Å². The summed E-state index contributed by atoms with van der Waals surface area (Å²) in [6, 6.07) is 2.49. The first kappa shape index (κ1) is 13.1. The van der Waals surface area contributed by atoms with Gasteiger partial charge in [-0.3, -0.25) is 0 Å². The molecular weight excluding hydrogens is 214 g/mol. The van der Waals surface area contributed by atoms with Crippen molar-refractivity contribution in [2.24, 2.45) is 0 Å². The maximum Gasteiger partial charge on any atom is 0.135 e. The van der Waals surface area contributed by atoms with Crippen molar-refractivity contribution >= 4 is 0 Å². The summed E-state index contributed by atoms with van der Waals surface area (Å²) in [5.74, 6) is -1.47. The summed E-state index contributed by atoms with van der Waals surface area (Å²) in [6.07, 6.45) is 0. The number of aliphatic hydroxyl groups is 1. The first-order valence-corrected chi connectivity index (χ1v) is 5.15. The highest BCUT2D eigenvalue weighted by atomic mass is 19.1. The van der Waals surface area contributed by atoms with Crippen LogP contribution in [-0.2, 0) is 10.3 Å². The van der Waals surface area contributed by atoms with Crippen LogP contribution in [0.1, 0.15) is 25.0 Å². The zero-order valence-electron chi connectivity index (χ0n) is 9.68. The average Bonchev–Trinajstić information content (AvgIpc) is 2.21. The Bertz CT molecular complexity index is 376. The summed E-state index contributed by atoms with van der Waals surface area (Å²) in [4.78, 5) is 0. The molecule has 16 heavy (non-hydrogen) atoms. The van der Waals surface area contributed by atoms with E-state index in [-0.39, 0.29) is 12.2 Å². The molecule has 0 saturated carbocycles. The first-order valence-electron chi connectivity index (χ1n) is 5.15. The summed E-state index contributed by atoms with van der Waals surface area (Å²) < 4.78 is 32.2. The van der Waals surface area contributed by atoms with Crippen molar-refractivity contribution in [2.75, 3.05) is 13.2 Å². The van der Waals surface area contributed by atoms with Gasteiger partial charge in [-0.2, -0.15) is 0 Å². The van der Waals surface area contributed by atoms with Crippen molar-refractivity contribution in [1.82, 2.24) is 0 Å². The third-order valence-corrected chi connectivity index (χ3v) is 2.41. The fourth-order valence-electron chi connectivity index (χ4n) is 1.52. The molecule has 0 saturated heterocycles. The number of benzene rings is 1. The molecule has 0 bridgehead atoms. The van der Waals surface area contributed by atoms with Crippen LogP contribution in [0.4, 0.5) is 8.78 Å². The molecule has 0 aromatic heterocycles. The summed E-state index contributed by atoms with van der Waals surface area (Å²) in [5, 5.41) is 10.00. The molecule has 1 aromatic carbocycles. The normalized spacial score (nSPS) is 14.9. The van der Waals surface area contributed by atoms with Crippen LogP contribution in [0.5, 0.6) is 0 Å². The minimum atomic E-state index is -1.66. The van der Waals surface area contributed by atoms with Gasteiger partial charge < -0.3 is 9.84 Å². The summed E-state index contributed by atoms with van der Waals surface area (Å²) in [7, 11) is 0. The van der Waals surface area contributed by atoms with Crippen molar-refractivity contribution < 1.29 is 18.6 Å². The van der Waals surface area contributed by atoms with Gasteiger partial charge in [0.2, 0.25) is 0 Å². The lowest BCUT2D eigenvalue weighted by atomic mass is 9.94. The van der Waals surface area contributed by atoms with Crippen molar-refractivity contribution in [3.63, 3.8) is 0 Å². The number of aryl methyl sites for hydroxylation is 1. The number of hydrogen-bond donors (Lipinski definition) is 1. The Hall–Kier alpha value is -1.00. The molecule has 0 aliphatic carbocycles. The number of ether oxygens (including phenoxy) is 1. The smallest absolute Gasteiger partial charge is 0.135 e. The summed E-state index contributed by atoms with van der Waals surface area (Å²) in [6.45, 7) is 4.85. The minimum absolute atomic E-state index is 0.138. The predicted molar refractivity (Wildman–Crippen MR) is 57.2 cm³/mol. The van der Waals surface area contributed by atoms with Gasteiger partial charge in [-0.1, -0.05) is 6.07 Å². The lowest BCUT2D eigenvalue weighted by Crippen LogP contribution is -2.30. The molecular formula is C12H16F2O2. The molecule has 4 heteroatoms. The molecule has 0 aliphatic rings.